The third-order valence-electron chi connectivity index (χ3n) is 7.24. The van der Waals surface area contributed by atoms with Gasteiger partial charge in [-0.25, -0.2) is 23.9 Å². The van der Waals surface area contributed by atoms with Gasteiger partial charge in [-0.3, -0.25) is 0 Å². The first-order valence-corrected chi connectivity index (χ1v) is 14.4. The first-order chi connectivity index (χ1) is 20.0. The summed E-state index contributed by atoms with van der Waals surface area (Å²) in [4.78, 5) is 40.5. The molecule has 0 aliphatic heterocycles. The van der Waals surface area contributed by atoms with Crippen LogP contribution in [0.2, 0.25) is 0 Å². The predicted octanol–water partition coefficient (Wildman–Crippen LogP) is 5.48. The fourth-order valence-corrected chi connectivity index (χ4v) is 5.21. The van der Waals surface area contributed by atoms with Gasteiger partial charge in [0, 0.05) is 24.6 Å². The van der Waals surface area contributed by atoms with Gasteiger partial charge in [0.25, 0.3) is 0 Å². The number of hydrogen-bond donors (Lipinski definition) is 3. The Hall–Kier alpha value is -4.18. The zero-order valence-corrected chi connectivity index (χ0v) is 24.4. The molecule has 1 atom stereocenters. The molecule has 10 nitrogen and oxygen atoms in total. The molecule has 0 bridgehead atoms. The van der Waals surface area contributed by atoms with Crippen LogP contribution in [0.3, 0.4) is 0 Å². The van der Waals surface area contributed by atoms with E-state index in [4.69, 9.17) is 15.2 Å². The molecule has 2 aliphatic rings. The number of carboxylic acid groups (broad SMARTS) is 1. The van der Waals surface area contributed by atoms with Crippen LogP contribution in [-0.2, 0) is 20.7 Å². The van der Waals surface area contributed by atoms with Gasteiger partial charge in [-0.1, -0.05) is 67.8 Å². The van der Waals surface area contributed by atoms with Gasteiger partial charge in [0.1, 0.15) is 24.6 Å². The summed E-state index contributed by atoms with van der Waals surface area (Å²) in [5, 5.41) is 12.0. The number of rotatable bonds is 6. The van der Waals surface area contributed by atoms with Crippen LogP contribution >= 0.6 is 0 Å². The maximum Gasteiger partial charge on any atom is 0.419 e. The highest BCUT2D eigenvalue weighted by Crippen LogP contribution is 2.44. The van der Waals surface area contributed by atoms with E-state index in [1.54, 1.807) is 20.8 Å². The quantitative estimate of drug-likeness (QED) is 0.350. The summed E-state index contributed by atoms with van der Waals surface area (Å²) in [6.45, 7) is 5.28. The van der Waals surface area contributed by atoms with Crippen LogP contribution in [0.4, 0.5) is 9.59 Å². The summed E-state index contributed by atoms with van der Waals surface area (Å²) in [5.41, 5.74) is 9.57. The average Bonchev–Trinajstić information content (AvgIpc) is 3.54. The van der Waals surface area contributed by atoms with Crippen LogP contribution in [0, 0.1) is 0 Å². The van der Waals surface area contributed by atoms with Crippen LogP contribution in [0.5, 0.6) is 0 Å². The Kier molecular flexibility index (Phi) is 10.0. The van der Waals surface area contributed by atoms with E-state index in [2.05, 4.69) is 10.3 Å². The number of alkyl carbamates (subject to hydrolysis) is 1. The fraction of sp³-hybridized carbons (Fsp3) is 0.438. The van der Waals surface area contributed by atoms with E-state index in [9.17, 15) is 19.5 Å². The Morgan fingerprint density at radius 1 is 1.02 bits per heavy atom. The van der Waals surface area contributed by atoms with E-state index in [0.29, 0.717) is 11.7 Å². The monoisotopic (exact) mass is 576 g/mol. The van der Waals surface area contributed by atoms with Gasteiger partial charge in [-0.05, 0) is 55.9 Å². The van der Waals surface area contributed by atoms with Crippen LogP contribution in [-0.4, -0.2) is 57.1 Å². The number of fused-ring (bicyclic) bond motifs is 3. The van der Waals surface area contributed by atoms with Crippen molar-refractivity contribution in [2.45, 2.75) is 82.9 Å². The van der Waals surface area contributed by atoms with Crippen LogP contribution < -0.4 is 11.1 Å². The Balaban J connectivity index is 0.000000507. The molecule has 1 heterocycles. The number of imidazole rings is 1. The van der Waals surface area contributed by atoms with Crippen LogP contribution in [0.25, 0.3) is 11.1 Å². The minimum Gasteiger partial charge on any atom is -0.480 e. The number of benzene rings is 2. The van der Waals surface area contributed by atoms with Gasteiger partial charge in [-0.15, -0.1) is 0 Å². The zero-order chi connectivity index (χ0) is 30.3. The van der Waals surface area contributed by atoms with E-state index >= 15 is 0 Å². The van der Waals surface area contributed by atoms with Crippen molar-refractivity contribution in [3.05, 3.63) is 77.9 Å². The Morgan fingerprint density at radius 2 is 1.62 bits per heavy atom. The molecule has 1 unspecified atom stereocenters. The van der Waals surface area contributed by atoms with Crippen molar-refractivity contribution in [1.29, 1.82) is 0 Å². The highest BCUT2D eigenvalue weighted by Gasteiger charge is 2.30. The van der Waals surface area contributed by atoms with Crippen LogP contribution in [0.15, 0.2) is 61.1 Å². The van der Waals surface area contributed by atoms with E-state index in [1.165, 1.54) is 44.6 Å². The number of carboxylic acids is 1. The second-order valence-electron chi connectivity index (χ2n) is 11.7. The number of aromatic nitrogens is 2. The molecule has 224 valence electrons. The number of nitrogens with one attached hydrogen (secondary N) is 1. The highest BCUT2D eigenvalue weighted by molar-refractivity contribution is 5.81. The molecule has 0 spiro atoms. The standard InChI is InChI=1S/C26H27N3O6.C6H13N/c1-26(2,3)35-25(33)29-13-16(27-15-29)12-22(23(30)31)28-24(32)34-14-21-19-10-6-4-8-17(19)18-9-5-7-11-20(18)21;7-6-4-2-1-3-5-6/h4-11,13,15,21-22H,12,14H2,1-3H3,(H,28,32)(H,30,31);6H,1-5,7H2. The number of hydrogen-bond acceptors (Lipinski definition) is 7. The SMILES string of the molecule is CC(C)(C)OC(=O)n1cnc(CC(NC(=O)OCC2c3ccccc3-c3ccccc32)C(=O)O)c1.NC1CCCCC1. The van der Waals surface area contributed by atoms with Crippen LogP contribution in [0.1, 0.15) is 75.6 Å². The zero-order valence-electron chi connectivity index (χ0n) is 24.4. The van der Waals surface area contributed by atoms with Gasteiger partial charge >= 0.3 is 18.2 Å². The van der Waals surface area contributed by atoms with Crippen molar-refractivity contribution >= 4 is 18.2 Å². The first-order valence-electron chi connectivity index (χ1n) is 14.4. The number of nitrogens with zero attached hydrogens (tertiary/aromatic N) is 2. The van der Waals surface area contributed by atoms with Crippen molar-refractivity contribution in [1.82, 2.24) is 14.9 Å². The lowest BCUT2D eigenvalue weighted by Crippen LogP contribution is -2.43. The predicted molar refractivity (Wildman–Crippen MR) is 158 cm³/mol. The number of amides is 1. The fourth-order valence-electron chi connectivity index (χ4n) is 5.21. The molecule has 10 heteroatoms. The molecule has 2 aromatic carbocycles. The third-order valence-corrected chi connectivity index (χ3v) is 7.24. The summed E-state index contributed by atoms with van der Waals surface area (Å²) in [6, 6.07) is 15.1. The summed E-state index contributed by atoms with van der Waals surface area (Å²) < 4.78 is 11.8. The molecule has 1 saturated carbocycles. The summed E-state index contributed by atoms with van der Waals surface area (Å²) in [7, 11) is 0. The highest BCUT2D eigenvalue weighted by atomic mass is 16.6. The smallest absolute Gasteiger partial charge is 0.419 e. The normalized spacial score (nSPS) is 15.4. The minimum absolute atomic E-state index is 0.0689. The molecule has 42 heavy (non-hydrogen) atoms. The van der Waals surface area contributed by atoms with E-state index in [0.717, 1.165) is 26.8 Å². The molecule has 3 aromatic rings. The topological polar surface area (TPSA) is 146 Å². The van der Waals surface area contributed by atoms with E-state index in [1.807, 2.05) is 48.5 Å². The van der Waals surface area contributed by atoms with Gasteiger partial charge in [0.2, 0.25) is 0 Å². The van der Waals surface area contributed by atoms with Gasteiger partial charge in [0.15, 0.2) is 0 Å². The van der Waals surface area contributed by atoms with Gasteiger partial charge in [-0.2, -0.15) is 0 Å². The molecule has 0 radical (unpaired) electrons. The molecule has 1 aromatic heterocycles. The van der Waals surface area contributed by atoms with Gasteiger partial charge in [0.05, 0.1) is 5.69 Å². The molecule has 1 amide bonds. The molecular weight excluding hydrogens is 536 g/mol. The first kappa shape index (κ1) is 30.8. The van der Waals surface area contributed by atoms with Crippen molar-refractivity contribution in [2.24, 2.45) is 5.73 Å². The van der Waals surface area contributed by atoms with Crippen molar-refractivity contribution < 1.29 is 29.0 Å². The summed E-state index contributed by atoms with van der Waals surface area (Å²) in [5.74, 6) is -1.38. The summed E-state index contributed by atoms with van der Waals surface area (Å²) >= 11 is 0. The van der Waals surface area contributed by atoms with Gasteiger partial charge < -0.3 is 25.6 Å². The molecule has 4 N–H and O–H groups in total. The maximum atomic E-state index is 12.5. The lowest BCUT2D eigenvalue weighted by atomic mass is 9.97. The third kappa shape index (κ3) is 8.19. The van der Waals surface area contributed by atoms with Crippen molar-refractivity contribution in [2.75, 3.05) is 6.61 Å². The molecule has 5 rings (SSSR count). The van der Waals surface area contributed by atoms with E-state index in [-0.39, 0.29) is 18.9 Å². The number of aliphatic carboxylic acids is 1. The van der Waals surface area contributed by atoms with Crippen molar-refractivity contribution in [3.8, 4) is 11.1 Å². The largest absolute Gasteiger partial charge is 0.480 e. The lowest BCUT2D eigenvalue weighted by molar-refractivity contribution is -0.139. The lowest BCUT2D eigenvalue weighted by Gasteiger charge is -2.19. The number of carbonyl (C=O) groups is 3. The van der Waals surface area contributed by atoms with E-state index < -0.39 is 29.8 Å². The second-order valence-corrected chi connectivity index (χ2v) is 11.7. The molecule has 1 fully saturated rings. The molecule has 2 aliphatic carbocycles. The Morgan fingerprint density at radius 3 is 2.14 bits per heavy atom. The molecular formula is C32H40N4O6. The summed E-state index contributed by atoms with van der Waals surface area (Å²) in [6.07, 6.45) is 7.68. The maximum absolute atomic E-state index is 12.5. The second kappa shape index (κ2) is 13.7. The number of carbonyl (C=O) groups excluding carboxylic acids is 2. The molecule has 0 saturated heterocycles. The average molecular weight is 577 g/mol. The minimum atomic E-state index is -1.28. The number of nitrogens with two attached hydrogens (primary N) is 1. The Labute approximate surface area is 246 Å². The Bertz CT molecular complexity index is 1340. The van der Waals surface area contributed by atoms with Crippen molar-refractivity contribution in [3.63, 3.8) is 0 Å². The number of ether oxygens (including phenoxy) is 2.